The first kappa shape index (κ1) is 14.9. The summed E-state index contributed by atoms with van der Waals surface area (Å²) in [5, 5.41) is 0. The van der Waals surface area contributed by atoms with Crippen LogP contribution in [0, 0.1) is 5.41 Å². The van der Waals surface area contributed by atoms with Crippen LogP contribution < -0.4 is 9.47 Å². The molecular weight excluding hydrogens is 252 g/mol. The van der Waals surface area contributed by atoms with Crippen LogP contribution in [-0.4, -0.2) is 20.5 Å². The van der Waals surface area contributed by atoms with Crippen molar-refractivity contribution >= 4 is 6.29 Å². The number of rotatable bonds is 5. The smallest absolute Gasteiger partial charge is 0.163 e. The molecule has 3 heteroatoms. The number of carbonyl (C=O) groups excluding carboxylic acids is 1. The van der Waals surface area contributed by atoms with E-state index in [0.29, 0.717) is 0 Å². The van der Waals surface area contributed by atoms with Gasteiger partial charge in [-0.2, -0.15) is 0 Å². The fourth-order valence-corrected chi connectivity index (χ4v) is 3.24. The summed E-state index contributed by atoms with van der Waals surface area (Å²) < 4.78 is 10.8. The second-order valence-electron chi connectivity index (χ2n) is 5.72. The molecule has 2 rings (SSSR count). The van der Waals surface area contributed by atoms with Crippen molar-refractivity contribution in [3.63, 3.8) is 0 Å². The summed E-state index contributed by atoms with van der Waals surface area (Å²) in [6.45, 7) is 0. The van der Waals surface area contributed by atoms with Gasteiger partial charge in [0.2, 0.25) is 0 Å². The molecule has 0 bridgehead atoms. The molecule has 0 N–H and O–H groups in total. The lowest BCUT2D eigenvalue weighted by Gasteiger charge is -2.27. The van der Waals surface area contributed by atoms with E-state index >= 15 is 0 Å². The number of hydrogen-bond donors (Lipinski definition) is 0. The van der Waals surface area contributed by atoms with Crippen LogP contribution in [-0.2, 0) is 11.2 Å². The minimum atomic E-state index is -0.226. The fraction of sp³-hybridized carbons (Fsp3) is 0.588. The van der Waals surface area contributed by atoms with Crippen molar-refractivity contribution in [3.05, 3.63) is 23.8 Å². The Morgan fingerprint density at radius 1 is 1.10 bits per heavy atom. The summed E-state index contributed by atoms with van der Waals surface area (Å²) in [5.74, 6) is 1.50. The number of methoxy groups -OCH3 is 2. The van der Waals surface area contributed by atoms with Crippen LogP contribution in [0.2, 0.25) is 0 Å². The lowest BCUT2D eigenvalue weighted by Crippen LogP contribution is -2.25. The van der Waals surface area contributed by atoms with Gasteiger partial charge in [0.1, 0.15) is 6.29 Å². The molecule has 0 radical (unpaired) electrons. The first-order chi connectivity index (χ1) is 9.74. The molecule has 0 aromatic heterocycles. The molecule has 20 heavy (non-hydrogen) atoms. The Hall–Kier alpha value is -1.51. The Labute approximate surface area is 121 Å². The molecule has 1 aromatic carbocycles. The highest BCUT2D eigenvalue weighted by atomic mass is 16.5. The summed E-state index contributed by atoms with van der Waals surface area (Å²) in [4.78, 5) is 11.7. The highest BCUT2D eigenvalue weighted by Gasteiger charge is 2.32. The van der Waals surface area contributed by atoms with Crippen molar-refractivity contribution in [1.29, 1.82) is 0 Å². The van der Waals surface area contributed by atoms with E-state index in [1.165, 1.54) is 19.1 Å². The number of benzene rings is 1. The summed E-state index contributed by atoms with van der Waals surface area (Å²) >= 11 is 0. The van der Waals surface area contributed by atoms with Crippen molar-refractivity contribution in [3.8, 4) is 11.5 Å². The van der Waals surface area contributed by atoms with E-state index in [4.69, 9.17) is 9.47 Å². The van der Waals surface area contributed by atoms with Gasteiger partial charge in [-0.1, -0.05) is 37.8 Å². The van der Waals surface area contributed by atoms with Crippen molar-refractivity contribution in [2.45, 2.75) is 44.9 Å². The molecule has 0 spiro atoms. The first-order valence-corrected chi connectivity index (χ1v) is 7.41. The second kappa shape index (κ2) is 6.78. The maximum absolute atomic E-state index is 11.7. The topological polar surface area (TPSA) is 35.5 Å². The van der Waals surface area contributed by atoms with Crippen LogP contribution in [0.15, 0.2) is 18.2 Å². The van der Waals surface area contributed by atoms with E-state index < -0.39 is 0 Å². The van der Waals surface area contributed by atoms with Gasteiger partial charge in [-0.05, 0) is 30.9 Å². The third-order valence-electron chi connectivity index (χ3n) is 4.38. The van der Waals surface area contributed by atoms with Crippen LogP contribution in [0.1, 0.15) is 44.1 Å². The molecule has 110 valence electrons. The number of carbonyl (C=O) groups is 1. The average molecular weight is 276 g/mol. The van der Waals surface area contributed by atoms with Gasteiger partial charge in [-0.25, -0.2) is 0 Å². The highest BCUT2D eigenvalue weighted by molar-refractivity contribution is 5.61. The summed E-state index contributed by atoms with van der Waals surface area (Å²) in [6, 6.07) is 5.90. The number of ether oxygens (including phenoxy) is 2. The Morgan fingerprint density at radius 3 is 2.35 bits per heavy atom. The summed E-state index contributed by atoms with van der Waals surface area (Å²) in [7, 11) is 3.30. The molecule has 0 aliphatic heterocycles. The van der Waals surface area contributed by atoms with Gasteiger partial charge in [0.05, 0.1) is 14.2 Å². The summed E-state index contributed by atoms with van der Waals surface area (Å²) in [6.07, 6.45) is 8.66. The zero-order valence-electron chi connectivity index (χ0n) is 12.5. The lowest BCUT2D eigenvalue weighted by molar-refractivity contribution is -0.116. The van der Waals surface area contributed by atoms with Crippen LogP contribution >= 0.6 is 0 Å². The molecule has 0 unspecified atom stereocenters. The van der Waals surface area contributed by atoms with Crippen molar-refractivity contribution in [2.75, 3.05) is 14.2 Å². The number of aldehydes is 1. The van der Waals surface area contributed by atoms with Crippen LogP contribution in [0.5, 0.6) is 11.5 Å². The lowest BCUT2D eigenvalue weighted by atomic mass is 9.76. The molecule has 1 aliphatic rings. The Kier molecular flexibility index (Phi) is 5.05. The highest BCUT2D eigenvalue weighted by Crippen LogP contribution is 2.40. The van der Waals surface area contributed by atoms with Gasteiger partial charge >= 0.3 is 0 Å². The van der Waals surface area contributed by atoms with E-state index in [2.05, 4.69) is 0 Å². The Morgan fingerprint density at radius 2 is 1.80 bits per heavy atom. The molecule has 3 nitrogen and oxygen atoms in total. The second-order valence-corrected chi connectivity index (χ2v) is 5.72. The maximum atomic E-state index is 11.7. The Balaban J connectivity index is 2.29. The zero-order valence-corrected chi connectivity index (χ0v) is 12.5. The predicted molar refractivity (Wildman–Crippen MR) is 79.4 cm³/mol. The SMILES string of the molecule is COc1cccc(CC2(C=O)CCCCCC2)c1OC. The van der Waals surface area contributed by atoms with Crippen molar-refractivity contribution in [1.82, 2.24) is 0 Å². The normalized spacial score (nSPS) is 18.1. The largest absolute Gasteiger partial charge is 0.493 e. The molecule has 1 aromatic rings. The Bertz CT molecular complexity index is 446. The molecule has 1 aliphatic carbocycles. The number of hydrogen-bond acceptors (Lipinski definition) is 3. The van der Waals surface area contributed by atoms with E-state index in [1.807, 2.05) is 18.2 Å². The molecule has 1 saturated carbocycles. The monoisotopic (exact) mass is 276 g/mol. The minimum Gasteiger partial charge on any atom is -0.493 e. The fourth-order valence-electron chi connectivity index (χ4n) is 3.24. The van der Waals surface area contributed by atoms with Crippen LogP contribution in [0.4, 0.5) is 0 Å². The van der Waals surface area contributed by atoms with Crippen LogP contribution in [0.3, 0.4) is 0 Å². The number of para-hydroxylation sites is 1. The van der Waals surface area contributed by atoms with Gasteiger partial charge < -0.3 is 14.3 Å². The maximum Gasteiger partial charge on any atom is 0.163 e. The van der Waals surface area contributed by atoms with Gasteiger partial charge in [0.25, 0.3) is 0 Å². The van der Waals surface area contributed by atoms with Crippen molar-refractivity contribution < 1.29 is 14.3 Å². The van der Waals surface area contributed by atoms with E-state index in [1.54, 1.807) is 14.2 Å². The van der Waals surface area contributed by atoms with Gasteiger partial charge in [0, 0.05) is 5.41 Å². The van der Waals surface area contributed by atoms with Crippen LogP contribution in [0.25, 0.3) is 0 Å². The van der Waals surface area contributed by atoms with Gasteiger partial charge in [-0.15, -0.1) is 0 Å². The minimum absolute atomic E-state index is 0.226. The van der Waals surface area contributed by atoms with Crippen molar-refractivity contribution in [2.24, 2.45) is 5.41 Å². The zero-order chi connectivity index (χ0) is 14.4. The summed E-state index contributed by atoms with van der Waals surface area (Å²) in [5.41, 5.74) is 0.844. The molecule has 0 atom stereocenters. The average Bonchev–Trinajstić information content (AvgIpc) is 2.73. The third-order valence-corrected chi connectivity index (χ3v) is 4.38. The van der Waals surface area contributed by atoms with Gasteiger partial charge in [0.15, 0.2) is 11.5 Å². The molecule has 0 heterocycles. The van der Waals surface area contributed by atoms with E-state index in [0.717, 1.165) is 49.2 Å². The standard InChI is InChI=1S/C17H24O3/c1-19-15-9-7-8-14(16(15)20-2)12-17(13-18)10-5-3-4-6-11-17/h7-9,13H,3-6,10-12H2,1-2H3. The first-order valence-electron chi connectivity index (χ1n) is 7.41. The van der Waals surface area contributed by atoms with Gasteiger partial charge in [-0.3, -0.25) is 0 Å². The van der Waals surface area contributed by atoms with E-state index in [9.17, 15) is 4.79 Å². The predicted octanol–water partition coefficient (Wildman–Crippen LogP) is 3.79. The molecule has 1 fully saturated rings. The molecular formula is C17H24O3. The quantitative estimate of drug-likeness (QED) is 0.606. The third kappa shape index (κ3) is 3.14. The molecule has 0 amide bonds. The molecule has 0 saturated heterocycles. The van der Waals surface area contributed by atoms with E-state index in [-0.39, 0.29) is 5.41 Å².